The molecule has 0 fully saturated rings. The zero-order valence-electron chi connectivity index (χ0n) is 12.5. The lowest BCUT2D eigenvalue weighted by atomic mass is 10.2. The smallest absolute Gasteiger partial charge is 0.273 e. The minimum Gasteiger partial charge on any atom is -0.505 e. The van der Waals surface area contributed by atoms with Crippen molar-refractivity contribution >= 4 is 11.6 Å². The van der Waals surface area contributed by atoms with Gasteiger partial charge in [0.25, 0.3) is 5.91 Å². The lowest BCUT2D eigenvalue weighted by Gasteiger charge is -2.03. The van der Waals surface area contributed by atoms with Gasteiger partial charge in [0.05, 0.1) is 0 Å². The molecule has 1 amide bonds. The fourth-order valence-corrected chi connectivity index (χ4v) is 1.81. The lowest BCUT2D eigenvalue weighted by Crippen LogP contribution is -2.23. The van der Waals surface area contributed by atoms with Gasteiger partial charge in [-0.15, -0.1) is 0 Å². The summed E-state index contributed by atoms with van der Waals surface area (Å²) in [7, 11) is 1.85. The molecular formula is C17H17N3O2. The molecule has 5 heteroatoms. The van der Waals surface area contributed by atoms with Crippen molar-refractivity contribution in [3.63, 3.8) is 0 Å². The van der Waals surface area contributed by atoms with Crippen LogP contribution in [0.4, 0.5) is 5.69 Å². The van der Waals surface area contributed by atoms with Crippen molar-refractivity contribution in [1.82, 2.24) is 10.3 Å². The molecule has 1 heterocycles. The van der Waals surface area contributed by atoms with Crippen molar-refractivity contribution in [3.05, 3.63) is 53.3 Å². The van der Waals surface area contributed by atoms with Crippen LogP contribution in [-0.2, 0) is 0 Å². The Labute approximate surface area is 129 Å². The molecule has 0 aliphatic carbocycles. The molecule has 0 bridgehead atoms. The molecule has 3 N–H and O–H groups in total. The number of carbonyl (C=O) groups excluding carboxylic acids is 1. The van der Waals surface area contributed by atoms with Crippen molar-refractivity contribution in [3.8, 4) is 17.6 Å². The number of carbonyl (C=O) groups is 1. The molecule has 22 heavy (non-hydrogen) atoms. The second kappa shape index (κ2) is 7.14. The molecule has 112 valence electrons. The van der Waals surface area contributed by atoms with Crippen molar-refractivity contribution in [2.45, 2.75) is 6.92 Å². The van der Waals surface area contributed by atoms with E-state index in [0.717, 1.165) is 11.3 Å². The van der Waals surface area contributed by atoms with Crippen LogP contribution in [0.15, 0.2) is 36.5 Å². The Kier molecular flexibility index (Phi) is 4.99. The van der Waals surface area contributed by atoms with Crippen LogP contribution in [0.2, 0.25) is 0 Å². The first kappa shape index (κ1) is 15.4. The number of hydrogen-bond donors (Lipinski definition) is 3. The van der Waals surface area contributed by atoms with Gasteiger partial charge in [-0.1, -0.05) is 11.8 Å². The quantitative estimate of drug-likeness (QED) is 0.757. The zero-order chi connectivity index (χ0) is 15.9. The van der Waals surface area contributed by atoms with Gasteiger partial charge >= 0.3 is 0 Å². The number of aromatic hydroxyl groups is 1. The Hall–Kier alpha value is -3.00. The van der Waals surface area contributed by atoms with Crippen LogP contribution in [-0.4, -0.2) is 29.6 Å². The van der Waals surface area contributed by atoms with Gasteiger partial charge in [0.15, 0.2) is 5.69 Å². The van der Waals surface area contributed by atoms with E-state index < -0.39 is 5.91 Å². The van der Waals surface area contributed by atoms with Crippen LogP contribution in [0.5, 0.6) is 5.75 Å². The van der Waals surface area contributed by atoms with E-state index in [2.05, 4.69) is 27.5 Å². The molecule has 5 nitrogen and oxygen atoms in total. The number of nitrogens with zero attached hydrogens (tertiary/aromatic N) is 1. The Balaban J connectivity index is 2.19. The standard InChI is InChI=1S/C17H17N3O2/c1-3-19-17(22)16-15(21)10-13(11-20-16)5-4-12-6-8-14(18-2)9-7-12/h6-11,18,21H,3H2,1-2H3,(H,19,22). The van der Waals surface area contributed by atoms with E-state index in [9.17, 15) is 9.90 Å². The summed E-state index contributed by atoms with van der Waals surface area (Å²) in [6.07, 6.45) is 1.47. The average Bonchev–Trinajstić information content (AvgIpc) is 2.53. The molecular weight excluding hydrogens is 278 g/mol. The second-order valence-electron chi connectivity index (χ2n) is 4.53. The van der Waals surface area contributed by atoms with Crippen LogP contribution in [0.25, 0.3) is 0 Å². The van der Waals surface area contributed by atoms with Crippen molar-refractivity contribution in [2.75, 3.05) is 18.9 Å². The van der Waals surface area contributed by atoms with Crippen LogP contribution in [0, 0.1) is 11.8 Å². The number of hydrogen-bond acceptors (Lipinski definition) is 4. The lowest BCUT2D eigenvalue weighted by molar-refractivity contribution is 0.0948. The Bertz CT molecular complexity index is 728. The number of anilines is 1. The summed E-state index contributed by atoms with van der Waals surface area (Å²) in [5.41, 5.74) is 2.41. The molecule has 0 spiro atoms. The maximum Gasteiger partial charge on any atom is 0.273 e. The fourth-order valence-electron chi connectivity index (χ4n) is 1.81. The molecule has 0 atom stereocenters. The van der Waals surface area contributed by atoms with Crippen LogP contribution in [0.1, 0.15) is 28.5 Å². The van der Waals surface area contributed by atoms with Crippen molar-refractivity contribution in [1.29, 1.82) is 0 Å². The SMILES string of the molecule is CCNC(=O)c1ncc(C#Cc2ccc(NC)cc2)cc1O. The van der Waals surface area contributed by atoms with Gasteiger partial charge < -0.3 is 15.7 Å². The van der Waals surface area contributed by atoms with Crippen LogP contribution >= 0.6 is 0 Å². The van der Waals surface area contributed by atoms with Crippen LogP contribution in [0.3, 0.4) is 0 Å². The molecule has 0 radical (unpaired) electrons. The minimum absolute atomic E-state index is 0.00535. The fraction of sp³-hybridized carbons (Fsp3) is 0.176. The van der Waals surface area contributed by atoms with Gasteiger partial charge in [0.2, 0.25) is 0 Å². The van der Waals surface area contributed by atoms with Crippen molar-refractivity contribution in [2.24, 2.45) is 0 Å². The van der Waals surface area contributed by atoms with Gasteiger partial charge in [-0.25, -0.2) is 4.98 Å². The van der Waals surface area contributed by atoms with Gasteiger partial charge in [-0.05, 0) is 37.3 Å². The normalized spacial score (nSPS) is 9.55. The maximum absolute atomic E-state index is 11.6. The first-order valence-corrected chi connectivity index (χ1v) is 6.91. The molecule has 0 aliphatic rings. The van der Waals surface area contributed by atoms with E-state index in [4.69, 9.17) is 0 Å². The topological polar surface area (TPSA) is 74.2 Å². The highest BCUT2D eigenvalue weighted by Crippen LogP contribution is 2.15. The third-order valence-electron chi connectivity index (χ3n) is 2.94. The molecule has 2 aromatic rings. The molecule has 0 unspecified atom stereocenters. The molecule has 1 aromatic heterocycles. The van der Waals surface area contributed by atoms with E-state index >= 15 is 0 Å². The number of pyridine rings is 1. The van der Waals surface area contributed by atoms with Gasteiger partial charge in [-0.2, -0.15) is 0 Å². The molecule has 2 rings (SSSR count). The largest absolute Gasteiger partial charge is 0.505 e. The third-order valence-corrected chi connectivity index (χ3v) is 2.94. The van der Waals surface area contributed by atoms with E-state index in [1.807, 2.05) is 31.3 Å². The molecule has 0 saturated heterocycles. The predicted molar refractivity (Wildman–Crippen MR) is 85.9 cm³/mol. The summed E-state index contributed by atoms with van der Waals surface area (Å²) in [5, 5.41) is 15.5. The summed E-state index contributed by atoms with van der Waals surface area (Å²) in [6.45, 7) is 2.28. The highest BCUT2D eigenvalue weighted by Gasteiger charge is 2.11. The summed E-state index contributed by atoms with van der Waals surface area (Å²) >= 11 is 0. The summed E-state index contributed by atoms with van der Waals surface area (Å²) in [4.78, 5) is 15.6. The zero-order valence-corrected chi connectivity index (χ0v) is 12.5. The number of nitrogens with one attached hydrogen (secondary N) is 2. The van der Waals surface area contributed by atoms with Gasteiger partial charge in [-0.3, -0.25) is 4.79 Å². The average molecular weight is 295 g/mol. The number of rotatable bonds is 3. The van der Waals surface area contributed by atoms with E-state index in [-0.39, 0.29) is 11.4 Å². The van der Waals surface area contributed by atoms with Crippen molar-refractivity contribution < 1.29 is 9.90 Å². The Morgan fingerprint density at radius 1 is 1.23 bits per heavy atom. The van der Waals surface area contributed by atoms with Crippen LogP contribution < -0.4 is 10.6 Å². The van der Waals surface area contributed by atoms with E-state index in [0.29, 0.717) is 12.1 Å². The molecule has 0 aliphatic heterocycles. The van der Waals surface area contributed by atoms with Gasteiger partial charge in [0, 0.05) is 36.6 Å². The third kappa shape index (κ3) is 3.76. The summed E-state index contributed by atoms with van der Waals surface area (Å²) in [5.74, 6) is 5.32. The highest BCUT2D eigenvalue weighted by atomic mass is 16.3. The minimum atomic E-state index is -0.401. The van der Waals surface area contributed by atoms with Gasteiger partial charge in [0.1, 0.15) is 5.75 Å². The Morgan fingerprint density at radius 3 is 2.50 bits per heavy atom. The summed E-state index contributed by atoms with van der Waals surface area (Å²) < 4.78 is 0. The number of aromatic nitrogens is 1. The summed E-state index contributed by atoms with van der Waals surface area (Å²) in [6, 6.07) is 9.09. The predicted octanol–water partition coefficient (Wildman–Crippen LogP) is 1.98. The number of benzene rings is 1. The molecule has 0 saturated carbocycles. The van der Waals surface area contributed by atoms with E-state index in [1.54, 1.807) is 6.92 Å². The first-order chi connectivity index (χ1) is 10.6. The molecule has 1 aromatic carbocycles. The second-order valence-corrected chi connectivity index (χ2v) is 4.53. The highest BCUT2D eigenvalue weighted by molar-refractivity contribution is 5.94. The van der Waals surface area contributed by atoms with E-state index in [1.165, 1.54) is 12.3 Å². The maximum atomic E-state index is 11.6. The Morgan fingerprint density at radius 2 is 1.91 bits per heavy atom. The monoisotopic (exact) mass is 295 g/mol. The number of amides is 1. The first-order valence-electron chi connectivity index (χ1n) is 6.91.